The molecule has 5 nitrogen and oxygen atoms in total. The van der Waals surface area contributed by atoms with Gasteiger partial charge in [0.15, 0.2) is 0 Å². The van der Waals surface area contributed by atoms with Crippen LogP contribution in [0.2, 0.25) is 0 Å². The van der Waals surface area contributed by atoms with Gasteiger partial charge in [-0.3, -0.25) is 0 Å². The van der Waals surface area contributed by atoms with Crippen molar-refractivity contribution in [3.63, 3.8) is 0 Å². The molecule has 0 aliphatic carbocycles. The lowest BCUT2D eigenvalue weighted by Gasteiger charge is -2.08. The molecule has 5 heteroatoms. The molecule has 0 fully saturated rings. The molecule has 0 saturated carbocycles. The van der Waals surface area contributed by atoms with Crippen LogP contribution in [-0.4, -0.2) is 25.2 Å². The molecular weight excluding hydrogens is 220 g/mol. The van der Waals surface area contributed by atoms with Crippen LogP contribution < -0.4 is 10.5 Å². The van der Waals surface area contributed by atoms with E-state index in [1.54, 1.807) is 19.2 Å². The molecule has 0 bridgehead atoms. The monoisotopic (exact) mass is 232 g/mol. The topological polar surface area (TPSA) is 74.4 Å². The maximum Gasteiger partial charge on any atom is 0.341 e. The molecule has 88 valence electrons. The van der Waals surface area contributed by atoms with Gasteiger partial charge in [-0.1, -0.05) is 12.1 Å². The molecule has 1 heterocycles. The SMILES string of the molecule is COC(=O)c1cc2cccc(OC)c2nc1N. The Morgan fingerprint density at radius 1 is 1.35 bits per heavy atom. The van der Waals surface area contributed by atoms with Crippen LogP contribution in [0.3, 0.4) is 0 Å². The van der Waals surface area contributed by atoms with Gasteiger partial charge in [0.2, 0.25) is 0 Å². The Morgan fingerprint density at radius 2 is 2.12 bits per heavy atom. The average Bonchev–Trinajstić information content (AvgIpc) is 2.36. The van der Waals surface area contributed by atoms with E-state index in [4.69, 9.17) is 10.5 Å². The highest BCUT2D eigenvalue weighted by Crippen LogP contribution is 2.26. The summed E-state index contributed by atoms with van der Waals surface area (Å²) in [6, 6.07) is 7.08. The Hall–Kier alpha value is -2.30. The number of hydrogen-bond acceptors (Lipinski definition) is 5. The predicted molar refractivity (Wildman–Crippen MR) is 64.0 cm³/mol. The van der Waals surface area contributed by atoms with Gasteiger partial charge in [-0.15, -0.1) is 0 Å². The number of benzene rings is 1. The largest absolute Gasteiger partial charge is 0.494 e. The van der Waals surface area contributed by atoms with E-state index in [1.807, 2.05) is 12.1 Å². The van der Waals surface area contributed by atoms with Crippen LogP contribution in [0.1, 0.15) is 10.4 Å². The first-order chi connectivity index (χ1) is 8.17. The Labute approximate surface area is 98.2 Å². The van der Waals surface area contributed by atoms with Crippen LogP contribution in [0.25, 0.3) is 10.9 Å². The summed E-state index contributed by atoms with van der Waals surface area (Å²) in [4.78, 5) is 15.6. The molecule has 0 unspecified atom stereocenters. The van der Waals surface area contributed by atoms with Gasteiger partial charge >= 0.3 is 5.97 Å². The van der Waals surface area contributed by atoms with Crippen molar-refractivity contribution in [2.24, 2.45) is 0 Å². The summed E-state index contributed by atoms with van der Waals surface area (Å²) in [5.41, 5.74) is 6.60. The number of anilines is 1. The number of fused-ring (bicyclic) bond motifs is 1. The van der Waals surface area contributed by atoms with Gasteiger partial charge in [0.25, 0.3) is 0 Å². The molecule has 2 aromatic rings. The van der Waals surface area contributed by atoms with Gasteiger partial charge in [-0.2, -0.15) is 0 Å². The van der Waals surface area contributed by atoms with Crippen molar-refractivity contribution < 1.29 is 14.3 Å². The Bertz CT molecular complexity index is 581. The summed E-state index contributed by atoms with van der Waals surface area (Å²) in [5, 5.41) is 0.777. The number of carbonyl (C=O) groups excluding carboxylic acids is 1. The Kier molecular flexibility index (Phi) is 2.82. The lowest BCUT2D eigenvalue weighted by atomic mass is 10.1. The zero-order valence-electron chi connectivity index (χ0n) is 9.56. The molecule has 0 amide bonds. The summed E-state index contributed by atoms with van der Waals surface area (Å²) in [5.74, 6) is 0.249. The molecule has 2 N–H and O–H groups in total. The van der Waals surface area contributed by atoms with Gasteiger partial charge in [0, 0.05) is 5.39 Å². The van der Waals surface area contributed by atoms with Crippen molar-refractivity contribution in [2.45, 2.75) is 0 Å². The molecule has 2 rings (SSSR count). The van der Waals surface area contributed by atoms with Crippen molar-refractivity contribution in [1.29, 1.82) is 0 Å². The second kappa shape index (κ2) is 4.29. The molecule has 0 spiro atoms. The number of aromatic nitrogens is 1. The van der Waals surface area contributed by atoms with Crippen molar-refractivity contribution in [3.8, 4) is 5.75 Å². The van der Waals surface area contributed by atoms with E-state index >= 15 is 0 Å². The van der Waals surface area contributed by atoms with Gasteiger partial charge in [-0.05, 0) is 12.1 Å². The molecule has 1 aromatic heterocycles. The maximum absolute atomic E-state index is 11.5. The molecule has 0 aliphatic rings. The standard InChI is InChI=1S/C12H12N2O3/c1-16-9-5-3-4-7-6-8(12(15)17-2)11(13)14-10(7)9/h3-6H,1-2H3,(H2,13,14). The number of methoxy groups -OCH3 is 2. The quantitative estimate of drug-likeness (QED) is 0.796. The second-order valence-electron chi connectivity index (χ2n) is 3.44. The first-order valence-electron chi connectivity index (χ1n) is 4.99. The van der Waals surface area contributed by atoms with Crippen LogP contribution in [0.4, 0.5) is 5.82 Å². The van der Waals surface area contributed by atoms with Gasteiger partial charge in [-0.25, -0.2) is 9.78 Å². The fourth-order valence-electron chi connectivity index (χ4n) is 1.62. The van der Waals surface area contributed by atoms with Crippen LogP contribution in [0, 0.1) is 0 Å². The third-order valence-electron chi connectivity index (χ3n) is 2.46. The summed E-state index contributed by atoms with van der Waals surface area (Å²) >= 11 is 0. The zero-order valence-corrected chi connectivity index (χ0v) is 9.56. The number of nitrogens with zero attached hydrogens (tertiary/aromatic N) is 1. The zero-order chi connectivity index (χ0) is 12.4. The minimum absolute atomic E-state index is 0.133. The fourth-order valence-corrected chi connectivity index (χ4v) is 1.62. The number of esters is 1. The molecule has 0 aliphatic heterocycles. The van der Waals surface area contributed by atoms with E-state index in [2.05, 4.69) is 9.72 Å². The maximum atomic E-state index is 11.5. The normalized spacial score (nSPS) is 10.2. The first kappa shape index (κ1) is 11.2. The van der Waals surface area contributed by atoms with Crippen molar-refractivity contribution in [2.75, 3.05) is 20.0 Å². The van der Waals surface area contributed by atoms with Crippen LogP contribution in [0.5, 0.6) is 5.75 Å². The Morgan fingerprint density at radius 3 is 2.76 bits per heavy atom. The van der Waals surface area contributed by atoms with E-state index in [9.17, 15) is 4.79 Å². The minimum atomic E-state index is -0.500. The van der Waals surface area contributed by atoms with E-state index in [-0.39, 0.29) is 11.4 Å². The number of para-hydroxylation sites is 1. The number of carbonyl (C=O) groups is 1. The summed E-state index contributed by atoms with van der Waals surface area (Å²) in [7, 11) is 2.86. The summed E-state index contributed by atoms with van der Waals surface area (Å²) in [6.07, 6.45) is 0. The van der Waals surface area contributed by atoms with E-state index in [0.29, 0.717) is 11.3 Å². The minimum Gasteiger partial charge on any atom is -0.494 e. The van der Waals surface area contributed by atoms with E-state index in [1.165, 1.54) is 7.11 Å². The van der Waals surface area contributed by atoms with Gasteiger partial charge in [0.1, 0.15) is 22.6 Å². The van der Waals surface area contributed by atoms with Crippen molar-refractivity contribution in [3.05, 3.63) is 29.8 Å². The van der Waals surface area contributed by atoms with E-state index < -0.39 is 5.97 Å². The molecule has 17 heavy (non-hydrogen) atoms. The van der Waals surface area contributed by atoms with Crippen molar-refractivity contribution in [1.82, 2.24) is 4.98 Å². The lowest BCUT2D eigenvalue weighted by molar-refractivity contribution is 0.0602. The number of hydrogen-bond donors (Lipinski definition) is 1. The highest BCUT2D eigenvalue weighted by Gasteiger charge is 2.14. The molecule has 0 atom stereocenters. The number of nitrogens with two attached hydrogens (primary N) is 1. The first-order valence-corrected chi connectivity index (χ1v) is 4.99. The number of pyridine rings is 1. The van der Waals surface area contributed by atoms with Crippen LogP contribution in [-0.2, 0) is 4.74 Å². The molecule has 1 aromatic carbocycles. The molecular formula is C12H12N2O3. The Balaban J connectivity index is 2.70. The highest BCUT2D eigenvalue weighted by atomic mass is 16.5. The third-order valence-corrected chi connectivity index (χ3v) is 2.46. The van der Waals surface area contributed by atoms with Crippen LogP contribution in [0.15, 0.2) is 24.3 Å². The summed E-state index contributed by atoms with van der Waals surface area (Å²) < 4.78 is 9.81. The number of rotatable bonds is 2. The third kappa shape index (κ3) is 1.87. The van der Waals surface area contributed by atoms with Crippen molar-refractivity contribution >= 4 is 22.7 Å². The number of nitrogen functional groups attached to an aromatic ring is 1. The lowest BCUT2D eigenvalue weighted by Crippen LogP contribution is -2.07. The average molecular weight is 232 g/mol. The molecule has 0 radical (unpaired) electrons. The van der Waals surface area contributed by atoms with E-state index in [0.717, 1.165) is 5.39 Å². The second-order valence-corrected chi connectivity index (χ2v) is 3.44. The fraction of sp³-hybridized carbons (Fsp3) is 0.167. The molecule has 0 saturated heterocycles. The highest BCUT2D eigenvalue weighted by molar-refractivity contribution is 5.99. The van der Waals surface area contributed by atoms with Crippen LogP contribution >= 0.6 is 0 Å². The summed E-state index contributed by atoms with van der Waals surface area (Å²) in [6.45, 7) is 0. The smallest absolute Gasteiger partial charge is 0.341 e. The number of ether oxygens (including phenoxy) is 2. The predicted octanol–water partition coefficient (Wildman–Crippen LogP) is 1.61. The van der Waals surface area contributed by atoms with Gasteiger partial charge in [0.05, 0.1) is 14.2 Å². The van der Waals surface area contributed by atoms with Gasteiger partial charge < -0.3 is 15.2 Å².